The minimum atomic E-state index is -1.71. The Hall–Kier alpha value is -1.74. The summed E-state index contributed by atoms with van der Waals surface area (Å²) in [4.78, 5) is 0. The minimum Gasteiger partial charge on any atom is -0.507 e. The topological polar surface area (TPSA) is 29.5 Å². The van der Waals surface area contributed by atoms with E-state index < -0.39 is 8.07 Å². The van der Waals surface area contributed by atoms with Crippen molar-refractivity contribution in [3.8, 4) is 11.5 Å². The van der Waals surface area contributed by atoms with E-state index >= 15 is 0 Å². The monoisotopic (exact) mass is 384 g/mol. The highest BCUT2D eigenvalue weighted by atomic mass is 28.3. The summed E-state index contributed by atoms with van der Waals surface area (Å²) in [6.07, 6.45) is 0.716. The number of ether oxygens (including phenoxy) is 1. The summed E-state index contributed by atoms with van der Waals surface area (Å²) in [5.74, 6) is 1.26. The van der Waals surface area contributed by atoms with Crippen LogP contribution in [0, 0.1) is 6.92 Å². The highest BCUT2D eigenvalue weighted by Gasteiger charge is 2.29. The van der Waals surface area contributed by atoms with Gasteiger partial charge in [-0.15, -0.1) is 0 Å². The molecule has 0 saturated heterocycles. The van der Waals surface area contributed by atoms with Crippen molar-refractivity contribution in [3.05, 3.63) is 53.1 Å². The summed E-state index contributed by atoms with van der Waals surface area (Å²) in [6.45, 7) is 19.6. The number of aryl methyl sites for hydroxylation is 1. The van der Waals surface area contributed by atoms with Gasteiger partial charge in [0.15, 0.2) is 0 Å². The minimum absolute atomic E-state index is 0.145. The maximum Gasteiger partial charge on any atom is 0.124 e. The molecule has 0 unspecified atom stereocenters. The quantitative estimate of drug-likeness (QED) is 0.672. The Kier molecular flexibility index (Phi) is 5.87. The first kappa shape index (κ1) is 21.6. The number of hydrogen-bond acceptors (Lipinski definition) is 2. The van der Waals surface area contributed by atoms with Gasteiger partial charge in [-0.05, 0) is 29.9 Å². The van der Waals surface area contributed by atoms with Crippen LogP contribution in [0.25, 0.3) is 0 Å². The van der Waals surface area contributed by atoms with Crippen molar-refractivity contribution in [3.63, 3.8) is 0 Å². The molecular weight excluding hydrogens is 348 g/mol. The zero-order valence-corrected chi connectivity index (χ0v) is 19.5. The molecule has 0 radical (unpaired) electrons. The van der Waals surface area contributed by atoms with Crippen LogP contribution in [0.5, 0.6) is 11.5 Å². The normalized spacial score (nSPS) is 12.9. The maximum atomic E-state index is 10.9. The molecule has 0 heterocycles. The van der Waals surface area contributed by atoms with Gasteiger partial charge in [0.2, 0.25) is 0 Å². The fourth-order valence-electron chi connectivity index (χ4n) is 3.19. The lowest BCUT2D eigenvalue weighted by atomic mass is 9.79. The smallest absolute Gasteiger partial charge is 0.124 e. The molecule has 0 amide bonds. The molecule has 3 heteroatoms. The van der Waals surface area contributed by atoms with Crippen LogP contribution < -0.4 is 9.92 Å². The molecule has 0 fully saturated rings. The van der Waals surface area contributed by atoms with Gasteiger partial charge in [0.1, 0.15) is 19.6 Å². The van der Waals surface area contributed by atoms with Gasteiger partial charge in [0.05, 0.1) is 6.23 Å². The molecule has 2 aromatic rings. The van der Waals surface area contributed by atoms with Crippen LogP contribution in [0.3, 0.4) is 0 Å². The number of hydrogen-bond donors (Lipinski definition) is 1. The molecule has 0 aliphatic rings. The fraction of sp³-hybridized carbons (Fsp3) is 0.500. The second-order valence-corrected chi connectivity index (χ2v) is 15.0. The molecule has 0 spiro atoms. The molecule has 2 aromatic carbocycles. The van der Waals surface area contributed by atoms with Gasteiger partial charge in [-0.3, -0.25) is 0 Å². The largest absolute Gasteiger partial charge is 0.507 e. The van der Waals surface area contributed by atoms with Gasteiger partial charge in [-0.2, -0.15) is 0 Å². The molecule has 0 aromatic heterocycles. The van der Waals surface area contributed by atoms with Crippen LogP contribution in [0.2, 0.25) is 13.1 Å². The summed E-state index contributed by atoms with van der Waals surface area (Å²) in [5, 5.41) is 12.3. The third kappa shape index (κ3) is 5.16. The molecule has 1 N–H and O–H groups in total. The summed E-state index contributed by atoms with van der Waals surface area (Å²) in [6, 6.07) is 12.9. The van der Waals surface area contributed by atoms with E-state index in [1.54, 1.807) is 0 Å². The Balaban J connectivity index is 2.37. The standard InChI is InChI=1S/C24H36O2Si/c1-17-10-12-19(13-11-17)27(8,9)16-26-18-14-20(23(2,3)4)22(25)21(15-18)24(5,6)7/h10-15,25H,16H2,1-9H3. The number of aromatic hydroxyl groups is 1. The summed E-state index contributed by atoms with van der Waals surface area (Å²) in [7, 11) is -1.71. The first-order valence-electron chi connectivity index (χ1n) is 9.80. The number of rotatable bonds is 4. The lowest BCUT2D eigenvalue weighted by Crippen LogP contribution is -2.47. The third-order valence-electron chi connectivity index (χ3n) is 5.13. The zero-order valence-electron chi connectivity index (χ0n) is 18.5. The second-order valence-electron chi connectivity index (χ2n) is 10.4. The zero-order chi connectivity index (χ0) is 20.6. The molecule has 0 aliphatic heterocycles. The Bertz CT molecular complexity index is 756. The highest BCUT2D eigenvalue weighted by molar-refractivity contribution is 6.89. The average Bonchev–Trinajstić information content (AvgIpc) is 2.52. The molecule has 27 heavy (non-hydrogen) atoms. The van der Waals surface area contributed by atoms with Crippen molar-refractivity contribution in [2.45, 2.75) is 72.4 Å². The summed E-state index contributed by atoms with van der Waals surface area (Å²) in [5.41, 5.74) is 2.88. The SMILES string of the molecule is Cc1ccc([Si](C)(C)COc2cc(C(C)(C)C)c(O)c(C(C)(C)C)c2)cc1. The van der Waals surface area contributed by atoms with Gasteiger partial charge >= 0.3 is 0 Å². The third-order valence-corrected chi connectivity index (χ3v) is 7.89. The van der Waals surface area contributed by atoms with E-state index in [2.05, 4.69) is 85.8 Å². The van der Waals surface area contributed by atoms with E-state index in [1.165, 1.54) is 10.8 Å². The van der Waals surface area contributed by atoms with Gasteiger partial charge in [0.25, 0.3) is 0 Å². The molecular formula is C24H36O2Si. The molecule has 0 bridgehead atoms. The van der Waals surface area contributed by atoms with Crippen molar-refractivity contribution in [1.29, 1.82) is 0 Å². The van der Waals surface area contributed by atoms with E-state index in [9.17, 15) is 5.11 Å². The van der Waals surface area contributed by atoms with Crippen molar-refractivity contribution in [2.75, 3.05) is 6.23 Å². The van der Waals surface area contributed by atoms with Crippen LogP contribution in [0.1, 0.15) is 58.2 Å². The van der Waals surface area contributed by atoms with Gasteiger partial charge in [0, 0.05) is 11.1 Å². The molecule has 0 saturated carbocycles. The molecule has 148 valence electrons. The first-order chi connectivity index (χ1) is 12.2. The van der Waals surface area contributed by atoms with Crippen LogP contribution in [-0.4, -0.2) is 19.4 Å². The van der Waals surface area contributed by atoms with Gasteiger partial charge < -0.3 is 9.84 Å². The first-order valence-corrected chi connectivity index (χ1v) is 13.0. The van der Waals surface area contributed by atoms with Crippen molar-refractivity contribution in [1.82, 2.24) is 0 Å². The van der Waals surface area contributed by atoms with E-state index in [1.807, 2.05) is 12.1 Å². The number of benzene rings is 2. The molecule has 0 aliphatic carbocycles. The second kappa shape index (κ2) is 7.35. The molecule has 2 nitrogen and oxygen atoms in total. The van der Waals surface area contributed by atoms with Crippen molar-refractivity contribution < 1.29 is 9.84 Å². The van der Waals surface area contributed by atoms with E-state index in [0.29, 0.717) is 12.0 Å². The Morgan fingerprint density at radius 1 is 0.852 bits per heavy atom. The number of phenols is 1. The van der Waals surface area contributed by atoms with Crippen LogP contribution in [0.15, 0.2) is 36.4 Å². The van der Waals surface area contributed by atoms with E-state index in [0.717, 1.165) is 16.9 Å². The maximum absolute atomic E-state index is 10.9. The molecule has 0 atom stereocenters. The molecule has 2 rings (SSSR count). The van der Waals surface area contributed by atoms with Gasteiger partial charge in [-0.25, -0.2) is 0 Å². The van der Waals surface area contributed by atoms with E-state index in [4.69, 9.17) is 4.74 Å². The van der Waals surface area contributed by atoms with Crippen LogP contribution in [0.4, 0.5) is 0 Å². The van der Waals surface area contributed by atoms with Gasteiger partial charge in [-0.1, -0.05) is 89.7 Å². The fourth-order valence-corrected chi connectivity index (χ4v) is 4.95. The van der Waals surface area contributed by atoms with Crippen molar-refractivity contribution >= 4 is 13.3 Å². The summed E-state index contributed by atoms with van der Waals surface area (Å²) < 4.78 is 6.33. The van der Waals surface area contributed by atoms with Crippen molar-refractivity contribution in [2.24, 2.45) is 0 Å². The Morgan fingerprint density at radius 2 is 1.30 bits per heavy atom. The van der Waals surface area contributed by atoms with Crippen LogP contribution in [-0.2, 0) is 10.8 Å². The predicted octanol–water partition coefficient (Wildman–Crippen LogP) is 5.83. The Labute approximate surface area is 166 Å². The van der Waals surface area contributed by atoms with E-state index in [-0.39, 0.29) is 10.8 Å². The average molecular weight is 385 g/mol. The predicted molar refractivity (Wildman–Crippen MR) is 119 cm³/mol. The number of phenolic OH excluding ortho intramolecular Hbond substituents is 1. The highest BCUT2D eigenvalue weighted by Crippen LogP contribution is 2.41. The van der Waals surface area contributed by atoms with Crippen LogP contribution >= 0.6 is 0 Å². The lowest BCUT2D eigenvalue weighted by molar-refractivity contribution is 0.369. The lowest BCUT2D eigenvalue weighted by Gasteiger charge is -2.29. The summed E-state index contributed by atoms with van der Waals surface area (Å²) >= 11 is 0. The Morgan fingerprint density at radius 3 is 1.70 bits per heavy atom.